The van der Waals surface area contributed by atoms with Crippen LogP contribution in [0.1, 0.15) is 50.3 Å². The van der Waals surface area contributed by atoms with Gasteiger partial charge in [0.1, 0.15) is 17.5 Å². The summed E-state index contributed by atoms with van der Waals surface area (Å²) in [5.41, 5.74) is 2.03. The van der Waals surface area contributed by atoms with Crippen molar-refractivity contribution in [2.24, 2.45) is 0 Å². The molecule has 1 amide bonds. The summed E-state index contributed by atoms with van der Waals surface area (Å²) < 4.78 is 7.94. The van der Waals surface area contributed by atoms with Crippen LogP contribution in [0.3, 0.4) is 0 Å². The number of benzene rings is 2. The van der Waals surface area contributed by atoms with E-state index in [9.17, 15) is 9.90 Å². The molecule has 2 aliphatic rings. The van der Waals surface area contributed by atoms with Crippen LogP contribution in [-0.4, -0.2) is 54.4 Å². The Kier molecular flexibility index (Phi) is 5.62. The van der Waals surface area contributed by atoms with Crippen molar-refractivity contribution >= 4 is 5.91 Å². The molecule has 0 saturated carbocycles. The minimum absolute atomic E-state index is 0.0760. The molecule has 2 aromatic carbocycles. The molecule has 2 atom stereocenters. The summed E-state index contributed by atoms with van der Waals surface area (Å²) in [6.45, 7) is 5.00. The summed E-state index contributed by atoms with van der Waals surface area (Å²) in [5, 5.41) is 23.6. The molecule has 0 spiro atoms. The molecule has 5 rings (SSSR count). The van der Waals surface area contributed by atoms with E-state index in [2.05, 4.69) is 27.7 Å². The summed E-state index contributed by atoms with van der Waals surface area (Å²) in [7, 11) is 0. The molecule has 1 fully saturated rings. The van der Waals surface area contributed by atoms with Gasteiger partial charge in [-0.15, -0.1) is 5.10 Å². The molecule has 1 aromatic heterocycles. The lowest BCUT2D eigenvalue weighted by molar-refractivity contribution is -0.147. The lowest BCUT2D eigenvalue weighted by Crippen LogP contribution is -2.55. The van der Waals surface area contributed by atoms with Gasteiger partial charge in [0.2, 0.25) is 5.91 Å². The van der Waals surface area contributed by atoms with Crippen molar-refractivity contribution in [3.63, 3.8) is 0 Å². The molecular formula is C25H29N5O3. The molecule has 3 aromatic rings. The van der Waals surface area contributed by atoms with E-state index >= 15 is 0 Å². The normalized spacial score (nSPS) is 22.0. The number of aliphatic hydroxyl groups is 1. The number of fused-ring (bicyclic) bond motifs is 1. The Morgan fingerprint density at radius 3 is 2.76 bits per heavy atom. The largest absolute Gasteiger partial charge is 0.485 e. The van der Waals surface area contributed by atoms with Crippen LogP contribution in [0.4, 0.5) is 0 Å². The molecule has 0 bridgehead atoms. The van der Waals surface area contributed by atoms with E-state index < -0.39 is 17.7 Å². The van der Waals surface area contributed by atoms with Crippen molar-refractivity contribution in [3.8, 4) is 17.1 Å². The lowest BCUT2D eigenvalue weighted by Gasteiger charge is -2.47. The average Bonchev–Trinajstić information content (AvgIpc) is 3.28. The summed E-state index contributed by atoms with van der Waals surface area (Å²) >= 11 is 0. The second-order valence-electron chi connectivity index (χ2n) is 9.35. The fourth-order valence-electron chi connectivity index (χ4n) is 4.81. The number of amides is 1. The topological polar surface area (TPSA) is 93.4 Å². The Balaban J connectivity index is 1.49. The van der Waals surface area contributed by atoms with Crippen LogP contribution in [0.2, 0.25) is 0 Å². The number of aromatic nitrogens is 4. The average molecular weight is 448 g/mol. The molecule has 172 valence electrons. The second-order valence-corrected chi connectivity index (χ2v) is 9.35. The summed E-state index contributed by atoms with van der Waals surface area (Å²) in [5.74, 6) is 1.41. The lowest BCUT2D eigenvalue weighted by atomic mass is 9.84. The molecule has 1 saturated heterocycles. The third kappa shape index (κ3) is 4.11. The van der Waals surface area contributed by atoms with Crippen LogP contribution < -0.4 is 4.74 Å². The molecule has 1 N–H and O–H groups in total. The van der Waals surface area contributed by atoms with Gasteiger partial charge in [-0.1, -0.05) is 30.3 Å². The number of piperidine rings is 1. The van der Waals surface area contributed by atoms with Gasteiger partial charge in [0.15, 0.2) is 5.82 Å². The summed E-state index contributed by atoms with van der Waals surface area (Å²) in [6, 6.07) is 15.5. The van der Waals surface area contributed by atoms with Crippen LogP contribution in [-0.2, 0) is 17.8 Å². The van der Waals surface area contributed by atoms with Crippen molar-refractivity contribution in [1.29, 1.82) is 0 Å². The van der Waals surface area contributed by atoms with Crippen molar-refractivity contribution in [2.75, 3.05) is 6.54 Å². The van der Waals surface area contributed by atoms with Crippen molar-refractivity contribution < 1.29 is 14.6 Å². The number of carbonyl (C=O) groups is 1. The van der Waals surface area contributed by atoms with E-state index in [1.165, 1.54) is 5.56 Å². The number of nitrogens with zero attached hydrogens (tertiary/aromatic N) is 5. The number of likely N-dealkylation sites (tertiary alicyclic amines) is 1. The van der Waals surface area contributed by atoms with E-state index in [0.717, 1.165) is 30.4 Å². The van der Waals surface area contributed by atoms with Gasteiger partial charge in [0.05, 0.1) is 6.04 Å². The summed E-state index contributed by atoms with van der Waals surface area (Å²) in [6.07, 6.45) is 2.29. The van der Waals surface area contributed by atoms with Crippen molar-refractivity contribution in [3.05, 3.63) is 59.7 Å². The SMILES string of the molecule is CC1(C)Oc2ccc(-c3nnnn3CCc3ccccc3)cc2C(N2CCCCC2=O)C1O. The maximum atomic E-state index is 12.8. The second kappa shape index (κ2) is 8.59. The number of ether oxygens (including phenoxy) is 1. The van der Waals surface area contributed by atoms with Gasteiger partial charge in [-0.2, -0.15) is 0 Å². The smallest absolute Gasteiger partial charge is 0.223 e. The molecule has 0 aliphatic carbocycles. The van der Waals surface area contributed by atoms with Crippen LogP contribution in [0.15, 0.2) is 48.5 Å². The number of aliphatic hydroxyl groups excluding tert-OH is 1. The maximum Gasteiger partial charge on any atom is 0.223 e. The van der Waals surface area contributed by atoms with Crippen LogP contribution in [0.5, 0.6) is 5.75 Å². The van der Waals surface area contributed by atoms with Gasteiger partial charge in [0.25, 0.3) is 0 Å². The third-order valence-corrected chi connectivity index (χ3v) is 6.65. The molecule has 0 radical (unpaired) electrons. The zero-order valence-corrected chi connectivity index (χ0v) is 19.0. The molecule has 2 aliphatic heterocycles. The minimum Gasteiger partial charge on any atom is -0.485 e. The molecule has 3 heterocycles. The predicted molar refractivity (Wildman–Crippen MR) is 122 cm³/mol. The fraction of sp³-hybridized carbons (Fsp3) is 0.440. The number of tetrazole rings is 1. The van der Waals surface area contributed by atoms with Crippen LogP contribution in [0.25, 0.3) is 11.4 Å². The number of carbonyl (C=O) groups excluding carboxylic acids is 1. The van der Waals surface area contributed by atoms with E-state index in [1.54, 1.807) is 4.68 Å². The Bertz CT molecular complexity index is 1140. The highest BCUT2D eigenvalue weighted by Crippen LogP contribution is 2.45. The van der Waals surface area contributed by atoms with E-state index in [1.807, 2.05) is 55.1 Å². The molecule has 8 heteroatoms. The third-order valence-electron chi connectivity index (χ3n) is 6.65. The van der Waals surface area contributed by atoms with Gasteiger partial charge in [-0.3, -0.25) is 4.79 Å². The van der Waals surface area contributed by atoms with Gasteiger partial charge in [-0.05, 0) is 67.3 Å². The van der Waals surface area contributed by atoms with Crippen LogP contribution in [0, 0.1) is 0 Å². The Hall–Kier alpha value is -3.26. The zero-order valence-electron chi connectivity index (χ0n) is 19.0. The van der Waals surface area contributed by atoms with Crippen LogP contribution >= 0.6 is 0 Å². The van der Waals surface area contributed by atoms with Gasteiger partial charge in [0, 0.05) is 30.6 Å². The van der Waals surface area contributed by atoms with E-state index in [0.29, 0.717) is 31.1 Å². The highest BCUT2D eigenvalue weighted by atomic mass is 16.5. The standard InChI is InChI=1S/C25H29N5O3/c1-25(2)23(32)22(29-14-7-6-10-21(29)31)19-16-18(11-12-20(19)33-25)24-26-27-28-30(24)15-13-17-8-4-3-5-9-17/h3-5,8-9,11-12,16,22-23,32H,6-7,10,13-15H2,1-2H3. The van der Waals surface area contributed by atoms with E-state index in [4.69, 9.17) is 4.74 Å². The molecule has 33 heavy (non-hydrogen) atoms. The Labute approximate surface area is 193 Å². The monoisotopic (exact) mass is 447 g/mol. The molecule has 2 unspecified atom stereocenters. The maximum absolute atomic E-state index is 12.8. The highest BCUT2D eigenvalue weighted by molar-refractivity contribution is 5.78. The minimum atomic E-state index is -0.851. The van der Waals surface area contributed by atoms with Crippen molar-refractivity contribution in [2.45, 2.75) is 63.8 Å². The first-order valence-electron chi connectivity index (χ1n) is 11.5. The molecular weight excluding hydrogens is 418 g/mol. The molecule has 8 nitrogen and oxygen atoms in total. The van der Waals surface area contributed by atoms with Gasteiger partial charge in [-0.25, -0.2) is 4.68 Å². The van der Waals surface area contributed by atoms with Gasteiger partial charge >= 0.3 is 0 Å². The number of hydrogen-bond acceptors (Lipinski definition) is 6. The summed E-state index contributed by atoms with van der Waals surface area (Å²) in [4.78, 5) is 14.6. The zero-order chi connectivity index (χ0) is 23.0. The van der Waals surface area contributed by atoms with Crippen molar-refractivity contribution in [1.82, 2.24) is 25.1 Å². The fourth-order valence-corrected chi connectivity index (χ4v) is 4.81. The number of hydrogen-bond donors (Lipinski definition) is 1. The van der Waals surface area contributed by atoms with E-state index in [-0.39, 0.29) is 5.91 Å². The predicted octanol–water partition coefficient (Wildman–Crippen LogP) is 3.17. The first-order chi connectivity index (χ1) is 15.9. The van der Waals surface area contributed by atoms with Gasteiger partial charge < -0.3 is 14.7 Å². The quantitative estimate of drug-likeness (QED) is 0.646. The highest BCUT2D eigenvalue weighted by Gasteiger charge is 2.47. The number of rotatable bonds is 5. The first-order valence-corrected chi connectivity index (χ1v) is 11.5. The Morgan fingerprint density at radius 2 is 1.97 bits per heavy atom. The number of aryl methyl sites for hydroxylation is 2. The first kappa shape index (κ1) is 21.6. The Morgan fingerprint density at radius 1 is 1.15 bits per heavy atom.